The van der Waals surface area contributed by atoms with Crippen LogP contribution in [0.25, 0.3) is 0 Å². The van der Waals surface area contributed by atoms with E-state index in [4.69, 9.17) is 21.4 Å². The monoisotopic (exact) mass is 313 g/mol. The van der Waals surface area contributed by atoms with E-state index >= 15 is 0 Å². The molecule has 1 amide bonds. The minimum absolute atomic E-state index is 0.291. The van der Waals surface area contributed by atoms with Crippen molar-refractivity contribution in [1.82, 2.24) is 5.32 Å². The van der Waals surface area contributed by atoms with E-state index in [9.17, 15) is 9.59 Å². The lowest BCUT2D eigenvalue weighted by Gasteiger charge is -2.25. The number of benzene rings is 1. The van der Waals surface area contributed by atoms with E-state index in [1.54, 1.807) is 45.0 Å². The molecule has 6 heteroatoms. The second kappa shape index (κ2) is 7.31. The summed E-state index contributed by atoms with van der Waals surface area (Å²) in [5, 5.41) is 12.1. The maximum Gasteiger partial charge on any atom is 0.306 e. The Morgan fingerprint density at radius 3 is 2.43 bits per heavy atom. The van der Waals surface area contributed by atoms with E-state index in [1.165, 1.54) is 0 Å². The van der Waals surface area contributed by atoms with Gasteiger partial charge in [-0.2, -0.15) is 0 Å². The smallest absolute Gasteiger partial charge is 0.306 e. The molecule has 1 aromatic carbocycles. The number of aliphatic carboxylic acids is 1. The third-order valence-electron chi connectivity index (χ3n) is 3.02. The van der Waals surface area contributed by atoms with Gasteiger partial charge in [-0.1, -0.05) is 18.5 Å². The van der Waals surface area contributed by atoms with Gasteiger partial charge in [-0.05, 0) is 44.5 Å². The summed E-state index contributed by atoms with van der Waals surface area (Å²) >= 11 is 5.79. The summed E-state index contributed by atoms with van der Waals surface area (Å²) in [6.45, 7) is 5.19. The minimum Gasteiger partial charge on any atom is -0.481 e. The van der Waals surface area contributed by atoms with Gasteiger partial charge in [0.2, 0.25) is 0 Å². The first-order valence-corrected chi connectivity index (χ1v) is 7.06. The topological polar surface area (TPSA) is 75.6 Å². The third kappa shape index (κ3) is 5.63. The maximum atomic E-state index is 12.1. The Bertz CT molecular complexity index is 499. The van der Waals surface area contributed by atoms with Gasteiger partial charge in [-0.25, -0.2) is 0 Å². The lowest BCUT2D eigenvalue weighted by Crippen LogP contribution is -2.47. The Labute approximate surface area is 129 Å². The average molecular weight is 314 g/mol. The first kappa shape index (κ1) is 17.3. The van der Waals surface area contributed by atoms with Crippen LogP contribution < -0.4 is 10.1 Å². The first-order chi connectivity index (χ1) is 9.72. The highest BCUT2D eigenvalue weighted by Gasteiger charge is 2.29. The number of nitrogens with one attached hydrogen (secondary N) is 1. The van der Waals surface area contributed by atoms with Crippen LogP contribution in [0.2, 0.25) is 5.02 Å². The molecule has 21 heavy (non-hydrogen) atoms. The molecule has 0 aliphatic heterocycles. The largest absolute Gasteiger partial charge is 0.481 e. The molecule has 0 aromatic heterocycles. The highest BCUT2D eigenvalue weighted by atomic mass is 35.5. The van der Waals surface area contributed by atoms with Crippen molar-refractivity contribution in [3.8, 4) is 5.75 Å². The maximum absolute atomic E-state index is 12.1. The molecule has 0 aliphatic rings. The zero-order valence-electron chi connectivity index (χ0n) is 12.4. The first-order valence-electron chi connectivity index (χ1n) is 6.68. The van der Waals surface area contributed by atoms with Gasteiger partial charge in [0.25, 0.3) is 5.91 Å². The number of ether oxygens (including phenoxy) is 1. The van der Waals surface area contributed by atoms with Crippen LogP contribution in [0.3, 0.4) is 0 Å². The number of carbonyl (C=O) groups excluding carboxylic acids is 1. The van der Waals surface area contributed by atoms with Crippen molar-refractivity contribution < 1.29 is 19.4 Å². The van der Waals surface area contributed by atoms with Crippen molar-refractivity contribution >= 4 is 23.5 Å². The normalized spacial score (nSPS) is 12.6. The molecule has 0 heterocycles. The van der Waals surface area contributed by atoms with Crippen molar-refractivity contribution in [3.05, 3.63) is 29.3 Å². The predicted molar refractivity (Wildman–Crippen MR) is 80.6 cm³/mol. The van der Waals surface area contributed by atoms with Crippen LogP contribution in [-0.2, 0) is 9.59 Å². The highest BCUT2D eigenvalue weighted by molar-refractivity contribution is 6.30. The third-order valence-corrected chi connectivity index (χ3v) is 3.27. The zero-order valence-corrected chi connectivity index (χ0v) is 13.1. The summed E-state index contributed by atoms with van der Waals surface area (Å²) in [7, 11) is 0. The van der Waals surface area contributed by atoms with Crippen LogP contribution in [0.15, 0.2) is 24.3 Å². The summed E-state index contributed by atoms with van der Waals surface area (Å²) in [6.07, 6.45) is 0.373. The summed E-state index contributed by atoms with van der Waals surface area (Å²) in [6, 6.07) is 6.73. The molecule has 1 aromatic rings. The van der Waals surface area contributed by atoms with Gasteiger partial charge in [-0.3, -0.25) is 9.59 Å². The molecule has 0 spiro atoms. The highest BCUT2D eigenvalue weighted by Crippen LogP contribution is 2.21. The summed E-state index contributed by atoms with van der Waals surface area (Å²) < 4.78 is 5.64. The standard InChI is InChI=1S/C15H20ClNO4/c1-10(13(18)19)8-9-17-14(20)15(2,3)21-12-6-4-11(16)5-7-12/h4-7,10H,8-9H2,1-3H3,(H,17,20)(H,18,19). The molecule has 0 saturated heterocycles. The number of halogens is 1. The Kier molecular flexibility index (Phi) is 6.03. The average Bonchev–Trinajstić information content (AvgIpc) is 2.40. The molecule has 0 saturated carbocycles. The van der Waals surface area contributed by atoms with Crippen LogP contribution in [0, 0.1) is 5.92 Å². The molecule has 0 aliphatic carbocycles. The van der Waals surface area contributed by atoms with Crippen molar-refractivity contribution in [1.29, 1.82) is 0 Å². The van der Waals surface area contributed by atoms with Crippen LogP contribution in [0.5, 0.6) is 5.75 Å². The van der Waals surface area contributed by atoms with Gasteiger partial charge in [0, 0.05) is 11.6 Å². The Morgan fingerprint density at radius 2 is 1.90 bits per heavy atom. The lowest BCUT2D eigenvalue weighted by atomic mass is 10.1. The van der Waals surface area contributed by atoms with E-state index in [1.807, 2.05) is 0 Å². The number of carboxylic acid groups (broad SMARTS) is 1. The molecule has 1 unspecified atom stereocenters. The van der Waals surface area contributed by atoms with Crippen LogP contribution in [-0.4, -0.2) is 29.1 Å². The second-order valence-electron chi connectivity index (χ2n) is 5.35. The van der Waals surface area contributed by atoms with Gasteiger partial charge in [0.1, 0.15) is 5.75 Å². The minimum atomic E-state index is -1.06. The quantitative estimate of drug-likeness (QED) is 0.811. The van der Waals surface area contributed by atoms with Gasteiger partial charge in [-0.15, -0.1) is 0 Å². The Morgan fingerprint density at radius 1 is 1.33 bits per heavy atom. The van der Waals surface area contributed by atoms with E-state index < -0.39 is 17.5 Å². The van der Waals surface area contributed by atoms with Gasteiger partial charge in [0.15, 0.2) is 5.60 Å². The number of carboxylic acids is 1. The van der Waals surface area contributed by atoms with Crippen LogP contribution in [0.4, 0.5) is 0 Å². The molecule has 1 atom stereocenters. The van der Waals surface area contributed by atoms with Crippen LogP contribution in [0.1, 0.15) is 27.2 Å². The fourth-order valence-electron chi connectivity index (χ4n) is 1.58. The molecular formula is C15H20ClNO4. The zero-order chi connectivity index (χ0) is 16.0. The van der Waals surface area contributed by atoms with Crippen molar-refractivity contribution in [2.24, 2.45) is 5.92 Å². The number of amides is 1. The molecule has 1 rings (SSSR count). The Hall–Kier alpha value is -1.75. The lowest BCUT2D eigenvalue weighted by molar-refractivity contribution is -0.141. The summed E-state index contributed by atoms with van der Waals surface area (Å²) in [5.41, 5.74) is -1.06. The Balaban J connectivity index is 2.51. The van der Waals surface area contributed by atoms with E-state index in [0.29, 0.717) is 23.7 Å². The fourth-order valence-corrected chi connectivity index (χ4v) is 1.71. The van der Waals surface area contributed by atoms with E-state index in [-0.39, 0.29) is 5.91 Å². The molecule has 0 bridgehead atoms. The molecule has 0 fully saturated rings. The predicted octanol–water partition coefficient (Wildman–Crippen LogP) is 2.72. The van der Waals surface area contributed by atoms with Gasteiger partial charge < -0.3 is 15.2 Å². The molecule has 116 valence electrons. The molecule has 0 radical (unpaired) electrons. The van der Waals surface area contributed by atoms with Crippen LogP contribution >= 0.6 is 11.6 Å². The number of rotatable bonds is 7. The van der Waals surface area contributed by atoms with Gasteiger partial charge >= 0.3 is 5.97 Å². The van der Waals surface area contributed by atoms with E-state index in [2.05, 4.69) is 5.32 Å². The molecule has 5 nitrogen and oxygen atoms in total. The number of carbonyl (C=O) groups is 2. The van der Waals surface area contributed by atoms with Crippen molar-refractivity contribution in [3.63, 3.8) is 0 Å². The SMILES string of the molecule is CC(CCNC(=O)C(C)(C)Oc1ccc(Cl)cc1)C(=O)O. The number of hydrogen-bond acceptors (Lipinski definition) is 3. The van der Waals surface area contributed by atoms with E-state index in [0.717, 1.165) is 0 Å². The molecule has 2 N–H and O–H groups in total. The number of hydrogen-bond donors (Lipinski definition) is 2. The van der Waals surface area contributed by atoms with Gasteiger partial charge in [0.05, 0.1) is 5.92 Å². The fraction of sp³-hybridized carbons (Fsp3) is 0.467. The molecular weight excluding hydrogens is 294 g/mol. The van der Waals surface area contributed by atoms with Crippen molar-refractivity contribution in [2.45, 2.75) is 32.8 Å². The summed E-state index contributed by atoms with van der Waals surface area (Å²) in [4.78, 5) is 22.8. The summed E-state index contributed by atoms with van der Waals surface area (Å²) in [5.74, 6) is -1.12. The van der Waals surface area contributed by atoms with Crippen molar-refractivity contribution in [2.75, 3.05) is 6.54 Å². The second-order valence-corrected chi connectivity index (χ2v) is 5.79.